The highest BCUT2D eigenvalue weighted by molar-refractivity contribution is 6.30. The second kappa shape index (κ2) is 6.92. The minimum Gasteiger partial charge on any atom is -0.278 e. The molecular weight excluding hydrogens is 292 g/mol. The number of hydrazone groups is 1. The summed E-state index contributed by atoms with van der Waals surface area (Å²) in [4.78, 5) is 0. The van der Waals surface area contributed by atoms with Crippen molar-refractivity contribution < 1.29 is 0 Å². The van der Waals surface area contributed by atoms with Crippen molar-refractivity contribution in [3.63, 3.8) is 0 Å². The van der Waals surface area contributed by atoms with Crippen LogP contribution in [0.15, 0.2) is 90.0 Å². The number of hydrogen-bond donors (Lipinski definition) is 1. The molecule has 0 amide bonds. The predicted molar refractivity (Wildman–Crippen MR) is 93.6 cm³/mol. The van der Waals surface area contributed by atoms with Crippen molar-refractivity contribution in [2.45, 2.75) is 0 Å². The molecule has 108 valence electrons. The molecule has 22 heavy (non-hydrogen) atoms. The van der Waals surface area contributed by atoms with E-state index in [1.807, 2.05) is 84.9 Å². The fourth-order valence-corrected chi connectivity index (χ4v) is 2.26. The number of anilines is 1. The maximum absolute atomic E-state index is 5.98. The third-order valence-corrected chi connectivity index (χ3v) is 3.49. The first-order valence-electron chi connectivity index (χ1n) is 7.03. The maximum atomic E-state index is 5.98. The molecule has 0 fully saturated rings. The van der Waals surface area contributed by atoms with E-state index in [4.69, 9.17) is 11.6 Å². The molecule has 0 bridgehead atoms. The molecule has 0 saturated carbocycles. The van der Waals surface area contributed by atoms with Gasteiger partial charge >= 0.3 is 0 Å². The lowest BCUT2D eigenvalue weighted by Crippen LogP contribution is -2.06. The monoisotopic (exact) mass is 306 g/mol. The van der Waals surface area contributed by atoms with Crippen molar-refractivity contribution in [3.05, 3.63) is 101 Å². The Morgan fingerprint density at radius 3 is 1.86 bits per heavy atom. The van der Waals surface area contributed by atoms with Gasteiger partial charge in [0.25, 0.3) is 0 Å². The zero-order valence-electron chi connectivity index (χ0n) is 11.9. The summed E-state index contributed by atoms with van der Waals surface area (Å²) in [5, 5.41) is 5.30. The number of nitrogens with zero attached hydrogens (tertiary/aromatic N) is 1. The van der Waals surface area contributed by atoms with E-state index in [1.54, 1.807) is 0 Å². The van der Waals surface area contributed by atoms with Gasteiger partial charge in [0.2, 0.25) is 0 Å². The second-order valence-corrected chi connectivity index (χ2v) is 5.25. The lowest BCUT2D eigenvalue weighted by atomic mass is 10.0. The molecule has 0 saturated heterocycles. The molecule has 0 aromatic heterocycles. The average Bonchev–Trinajstić information content (AvgIpc) is 2.58. The Kier molecular flexibility index (Phi) is 4.52. The van der Waals surface area contributed by atoms with Gasteiger partial charge in [0.05, 0.1) is 11.4 Å². The molecule has 0 aliphatic carbocycles. The van der Waals surface area contributed by atoms with Crippen molar-refractivity contribution >= 4 is 23.0 Å². The highest BCUT2D eigenvalue weighted by Crippen LogP contribution is 2.15. The summed E-state index contributed by atoms with van der Waals surface area (Å²) < 4.78 is 0. The standard InChI is InChI=1S/C19H15ClN2/c20-17-13-11-16(12-14-17)19(15-7-3-1-4-8-15)22-21-18-9-5-2-6-10-18/h1-14,21H/b22-19+. The van der Waals surface area contributed by atoms with Gasteiger partial charge in [-0.05, 0) is 24.3 Å². The van der Waals surface area contributed by atoms with Crippen LogP contribution < -0.4 is 5.43 Å². The molecule has 0 heterocycles. The van der Waals surface area contributed by atoms with Crippen LogP contribution in [0.5, 0.6) is 0 Å². The summed E-state index contributed by atoms with van der Waals surface area (Å²) in [6.45, 7) is 0. The molecule has 3 heteroatoms. The Morgan fingerprint density at radius 2 is 1.23 bits per heavy atom. The van der Waals surface area contributed by atoms with Gasteiger partial charge in [0, 0.05) is 16.1 Å². The van der Waals surface area contributed by atoms with Crippen molar-refractivity contribution in [1.29, 1.82) is 0 Å². The van der Waals surface area contributed by atoms with E-state index in [0.717, 1.165) is 22.5 Å². The number of halogens is 1. The molecular formula is C19H15ClN2. The fraction of sp³-hybridized carbons (Fsp3) is 0. The Bertz CT molecular complexity index is 750. The van der Waals surface area contributed by atoms with Crippen molar-refractivity contribution in [3.8, 4) is 0 Å². The zero-order valence-corrected chi connectivity index (χ0v) is 12.7. The van der Waals surface area contributed by atoms with Crippen LogP contribution in [0.2, 0.25) is 5.02 Å². The SMILES string of the molecule is Clc1ccc(/C(=N/Nc2ccccc2)c2ccccc2)cc1. The van der Waals surface area contributed by atoms with Crippen LogP contribution in [0, 0.1) is 0 Å². The van der Waals surface area contributed by atoms with Crippen LogP contribution in [-0.4, -0.2) is 5.71 Å². The van der Waals surface area contributed by atoms with Gasteiger partial charge in [-0.25, -0.2) is 0 Å². The van der Waals surface area contributed by atoms with Gasteiger partial charge in [-0.2, -0.15) is 5.10 Å². The molecule has 2 nitrogen and oxygen atoms in total. The smallest absolute Gasteiger partial charge is 0.0977 e. The topological polar surface area (TPSA) is 24.4 Å². The molecule has 3 rings (SSSR count). The number of rotatable bonds is 4. The molecule has 0 spiro atoms. The lowest BCUT2D eigenvalue weighted by molar-refractivity contribution is 1.32. The zero-order chi connectivity index (χ0) is 15.2. The van der Waals surface area contributed by atoms with Gasteiger partial charge in [-0.3, -0.25) is 5.43 Å². The Hall–Kier alpha value is -2.58. The Labute approximate surface area is 135 Å². The van der Waals surface area contributed by atoms with Gasteiger partial charge < -0.3 is 0 Å². The quantitative estimate of drug-likeness (QED) is 0.519. The number of nitrogens with one attached hydrogen (secondary N) is 1. The molecule has 1 N–H and O–H groups in total. The van der Waals surface area contributed by atoms with E-state index < -0.39 is 0 Å². The van der Waals surface area contributed by atoms with Crippen LogP contribution >= 0.6 is 11.6 Å². The highest BCUT2D eigenvalue weighted by Gasteiger charge is 2.07. The predicted octanol–water partition coefficient (Wildman–Crippen LogP) is 5.20. The van der Waals surface area contributed by atoms with E-state index in [9.17, 15) is 0 Å². The van der Waals surface area contributed by atoms with E-state index in [1.165, 1.54) is 0 Å². The minimum atomic E-state index is 0.715. The van der Waals surface area contributed by atoms with Gasteiger partial charge in [-0.1, -0.05) is 72.3 Å². The van der Waals surface area contributed by atoms with Crippen LogP contribution in [0.25, 0.3) is 0 Å². The molecule has 3 aromatic carbocycles. The maximum Gasteiger partial charge on any atom is 0.0977 e. The normalized spacial score (nSPS) is 11.2. The first-order chi connectivity index (χ1) is 10.8. The second-order valence-electron chi connectivity index (χ2n) is 4.81. The number of hydrogen-bond acceptors (Lipinski definition) is 2. The number of benzene rings is 3. The summed E-state index contributed by atoms with van der Waals surface area (Å²) in [5.41, 5.74) is 7.00. The molecule has 0 atom stereocenters. The molecule has 0 aliphatic rings. The van der Waals surface area contributed by atoms with Crippen LogP contribution in [-0.2, 0) is 0 Å². The average molecular weight is 307 g/mol. The highest BCUT2D eigenvalue weighted by atomic mass is 35.5. The lowest BCUT2D eigenvalue weighted by Gasteiger charge is -2.08. The largest absolute Gasteiger partial charge is 0.278 e. The van der Waals surface area contributed by atoms with Gasteiger partial charge in [-0.15, -0.1) is 0 Å². The van der Waals surface area contributed by atoms with E-state index in [2.05, 4.69) is 10.5 Å². The van der Waals surface area contributed by atoms with Gasteiger partial charge in [0.15, 0.2) is 0 Å². The molecule has 0 aliphatic heterocycles. The van der Waals surface area contributed by atoms with Crippen molar-refractivity contribution in [1.82, 2.24) is 0 Å². The summed E-state index contributed by atoms with van der Waals surface area (Å²) in [6.07, 6.45) is 0. The minimum absolute atomic E-state index is 0.715. The van der Waals surface area contributed by atoms with Crippen LogP contribution in [0.3, 0.4) is 0 Å². The van der Waals surface area contributed by atoms with Crippen molar-refractivity contribution in [2.24, 2.45) is 5.10 Å². The third-order valence-electron chi connectivity index (χ3n) is 3.24. The van der Waals surface area contributed by atoms with Crippen LogP contribution in [0.1, 0.15) is 11.1 Å². The number of para-hydroxylation sites is 1. The Morgan fingerprint density at radius 1 is 0.682 bits per heavy atom. The fourth-order valence-electron chi connectivity index (χ4n) is 2.13. The first kappa shape index (κ1) is 14.4. The Balaban J connectivity index is 1.98. The first-order valence-corrected chi connectivity index (χ1v) is 7.41. The molecule has 3 aromatic rings. The summed E-state index contributed by atoms with van der Waals surface area (Å²) in [6, 6.07) is 27.7. The van der Waals surface area contributed by atoms with Gasteiger partial charge in [0.1, 0.15) is 0 Å². The van der Waals surface area contributed by atoms with Crippen LogP contribution in [0.4, 0.5) is 5.69 Å². The third kappa shape index (κ3) is 3.54. The summed E-state index contributed by atoms with van der Waals surface area (Å²) in [5.74, 6) is 0. The van der Waals surface area contributed by atoms with E-state index in [-0.39, 0.29) is 0 Å². The van der Waals surface area contributed by atoms with E-state index in [0.29, 0.717) is 5.02 Å². The van der Waals surface area contributed by atoms with Crippen molar-refractivity contribution in [2.75, 3.05) is 5.43 Å². The summed E-state index contributed by atoms with van der Waals surface area (Å²) >= 11 is 5.98. The molecule has 0 unspecified atom stereocenters. The summed E-state index contributed by atoms with van der Waals surface area (Å²) in [7, 11) is 0. The molecule has 0 radical (unpaired) electrons. The van der Waals surface area contributed by atoms with E-state index >= 15 is 0 Å².